The highest BCUT2D eigenvalue weighted by Crippen LogP contribution is 2.30. The predicted molar refractivity (Wildman–Crippen MR) is 127 cm³/mol. The molecule has 0 spiro atoms. The van der Waals surface area contributed by atoms with E-state index in [9.17, 15) is 8.78 Å². The van der Waals surface area contributed by atoms with Gasteiger partial charge in [0.25, 0.3) is 0 Å². The lowest BCUT2D eigenvalue weighted by atomic mass is 9.96. The molecule has 33 heavy (non-hydrogen) atoms. The van der Waals surface area contributed by atoms with E-state index in [0.717, 1.165) is 62.3 Å². The molecule has 0 N–H and O–H groups in total. The van der Waals surface area contributed by atoms with Crippen molar-refractivity contribution in [2.45, 2.75) is 19.0 Å². The van der Waals surface area contributed by atoms with Crippen molar-refractivity contribution in [2.24, 2.45) is 0 Å². The Kier molecular flexibility index (Phi) is 6.46. The summed E-state index contributed by atoms with van der Waals surface area (Å²) in [5.41, 5.74) is 4.29. The molecule has 4 aromatic rings. The zero-order chi connectivity index (χ0) is 22.6. The molecule has 0 atom stereocenters. The lowest BCUT2D eigenvalue weighted by Crippen LogP contribution is -2.48. The lowest BCUT2D eigenvalue weighted by molar-refractivity contribution is 0.108. The van der Waals surface area contributed by atoms with Crippen molar-refractivity contribution in [3.05, 3.63) is 102 Å². The number of imidazole rings is 1. The minimum absolute atomic E-state index is 0.00865. The van der Waals surface area contributed by atoms with Gasteiger partial charge in [0.15, 0.2) is 0 Å². The summed E-state index contributed by atoms with van der Waals surface area (Å²) in [5.74, 6) is -0.487. The Morgan fingerprint density at radius 3 is 1.97 bits per heavy atom. The molecular formula is C27H28F2N4. The number of fused-ring (bicyclic) bond motifs is 1. The second-order valence-corrected chi connectivity index (χ2v) is 8.66. The fraction of sp³-hybridized carbons (Fsp3) is 0.296. The molecule has 3 aromatic carbocycles. The highest BCUT2D eigenvalue weighted by atomic mass is 19.1. The molecule has 1 aliphatic heterocycles. The highest BCUT2D eigenvalue weighted by molar-refractivity contribution is 5.74. The van der Waals surface area contributed by atoms with Gasteiger partial charge >= 0.3 is 0 Å². The summed E-state index contributed by atoms with van der Waals surface area (Å²) in [5, 5.41) is 0. The van der Waals surface area contributed by atoms with Gasteiger partial charge in [0.2, 0.25) is 0 Å². The van der Waals surface area contributed by atoms with Gasteiger partial charge in [0, 0.05) is 32.7 Å². The fourth-order valence-corrected chi connectivity index (χ4v) is 4.80. The van der Waals surface area contributed by atoms with Crippen molar-refractivity contribution in [2.75, 3.05) is 32.7 Å². The molecule has 1 aliphatic rings. The molecule has 1 saturated heterocycles. The van der Waals surface area contributed by atoms with Crippen molar-refractivity contribution in [1.82, 2.24) is 19.4 Å². The average molecular weight is 447 g/mol. The minimum atomic E-state index is -0.243. The van der Waals surface area contributed by atoms with Gasteiger partial charge in [0.1, 0.15) is 11.6 Å². The predicted octanol–water partition coefficient (Wildman–Crippen LogP) is 5.11. The van der Waals surface area contributed by atoms with E-state index >= 15 is 0 Å². The van der Waals surface area contributed by atoms with Gasteiger partial charge in [-0.2, -0.15) is 0 Å². The number of hydrogen-bond acceptors (Lipinski definition) is 3. The summed E-state index contributed by atoms with van der Waals surface area (Å²) in [6.45, 7) is 5.76. The average Bonchev–Trinajstić information content (AvgIpc) is 3.26. The molecule has 6 heteroatoms. The molecule has 170 valence electrons. The van der Waals surface area contributed by atoms with Crippen molar-refractivity contribution >= 4 is 11.0 Å². The van der Waals surface area contributed by atoms with Gasteiger partial charge in [-0.3, -0.25) is 4.90 Å². The van der Waals surface area contributed by atoms with E-state index in [1.807, 2.05) is 42.7 Å². The topological polar surface area (TPSA) is 24.3 Å². The fourth-order valence-electron chi connectivity index (χ4n) is 4.80. The Morgan fingerprint density at radius 1 is 0.727 bits per heavy atom. The van der Waals surface area contributed by atoms with Crippen LogP contribution in [-0.2, 0) is 6.54 Å². The van der Waals surface area contributed by atoms with Gasteiger partial charge < -0.3 is 9.47 Å². The number of hydrogen-bond donors (Lipinski definition) is 0. The van der Waals surface area contributed by atoms with E-state index in [-0.39, 0.29) is 17.7 Å². The normalized spacial score (nSPS) is 15.5. The van der Waals surface area contributed by atoms with Crippen molar-refractivity contribution in [1.29, 1.82) is 0 Å². The number of halogens is 2. The molecule has 5 rings (SSSR count). The Hall–Kier alpha value is -3.09. The third-order valence-electron chi connectivity index (χ3n) is 6.54. The first-order valence-electron chi connectivity index (χ1n) is 11.5. The summed E-state index contributed by atoms with van der Waals surface area (Å²) in [7, 11) is 0. The van der Waals surface area contributed by atoms with Crippen molar-refractivity contribution < 1.29 is 8.78 Å². The Bertz CT molecular complexity index is 1130. The third-order valence-corrected chi connectivity index (χ3v) is 6.54. The van der Waals surface area contributed by atoms with E-state index in [2.05, 4.69) is 31.5 Å². The molecule has 1 aromatic heterocycles. The number of piperazine rings is 1. The standard InChI is InChI=1S/C27H28F2N4/c28-23-10-6-21(7-11-23)27(22-8-12-24(29)13-9-22)32-18-16-31(17-19-32)14-3-15-33-20-30-25-4-1-2-5-26(25)33/h1-2,4-13,20,27H,3,14-19H2. The van der Waals surface area contributed by atoms with Gasteiger partial charge in [0.05, 0.1) is 23.4 Å². The first kappa shape index (κ1) is 21.7. The highest BCUT2D eigenvalue weighted by Gasteiger charge is 2.26. The van der Waals surface area contributed by atoms with E-state index in [4.69, 9.17) is 0 Å². The lowest BCUT2D eigenvalue weighted by Gasteiger charge is -2.40. The largest absolute Gasteiger partial charge is 0.331 e. The van der Waals surface area contributed by atoms with E-state index in [1.54, 1.807) is 0 Å². The number of nitrogens with zero attached hydrogens (tertiary/aromatic N) is 4. The van der Waals surface area contributed by atoms with Crippen LogP contribution in [0.3, 0.4) is 0 Å². The molecule has 4 nitrogen and oxygen atoms in total. The van der Waals surface area contributed by atoms with Gasteiger partial charge in [-0.15, -0.1) is 0 Å². The zero-order valence-electron chi connectivity index (χ0n) is 18.6. The molecule has 1 fully saturated rings. The number of para-hydroxylation sites is 2. The Labute approximate surface area is 193 Å². The Morgan fingerprint density at radius 2 is 1.33 bits per heavy atom. The summed E-state index contributed by atoms with van der Waals surface area (Å²) >= 11 is 0. The number of aromatic nitrogens is 2. The molecular weight excluding hydrogens is 418 g/mol. The number of aryl methyl sites for hydroxylation is 1. The maximum absolute atomic E-state index is 13.5. The second-order valence-electron chi connectivity index (χ2n) is 8.66. The molecule has 0 aliphatic carbocycles. The summed E-state index contributed by atoms with van der Waals surface area (Å²) in [6.07, 6.45) is 3.00. The van der Waals surface area contributed by atoms with Crippen LogP contribution in [0.5, 0.6) is 0 Å². The quantitative estimate of drug-likeness (QED) is 0.394. The van der Waals surface area contributed by atoms with Crippen LogP contribution in [0.4, 0.5) is 8.78 Å². The van der Waals surface area contributed by atoms with E-state index < -0.39 is 0 Å². The summed E-state index contributed by atoms with van der Waals surface area (Å²) in [4.78, 5) is 9.40. The van der Waals surface area contributed by atoms with Gasteiger partial charge in [-0.1, -0.05) is 36.4 Å². The molecule has 2 heterocycles. The van der Waals surface area contributed by atoms with Gasteiger partial charge in [-0.25, -0.2) is 13.8 Å². The molecule has 0 amide bonds. The van der Waals surface area contributed by atoms with Crippen LogP contribution in [-0.4, -0.2) is 52.1 Å². The molecule has 0 bridgehead atoms. The SMILES string of the molecule is Fc1ccc(C(c2ccc(F)cc2)N2CCN(CCCn3cnc4ccccc43)CC2)cc1. The monoisotopic (exact) mass is 446 g/mol. The van der Waals surface area contributed by atoms with E-state index in [1.165, 1.54) is 29.8 Å². The van der Waals surface area contributed by atoms with Crippen molar-refractivity contribution in [3.63, 3.8) is 0 Å². The molecule has 0 unspecified atom stereocenters. The second kappa shape index (κ2) is 9.81. The third kappa shape index (κ3) is 4.97. The maximum Gasteiger partial charge on any atom is 0.123 e. The van der Waals surface area contributed by atoms with Crippen LogP contribution in [0.2, 0.25) is 0 Å². The first-order chi connectivity index (χ1) is 16.2. The van der Waals surface area contributed by atoms with Crippen LogP contribution in [0.1, 0.15) is 23.6 Å². The maximum atomic E-state index is 13.5. The number of rotatable bonds is 7. The first-order valence-corrected chi connectivity index (χ1v) is 11.5. The summed E-state index contributed by atoms with van der Waals surface area (Å²) < 4.78 is 29.3. The molecule has 0 radical (unpaired) electrons. The minimum Gasteiger partial charge on any atom is -0.331 e. The van der Waals surface area contributed by atoms with Crippen LogP contribution in [0.15, 0.2) is 79.1 Å². The molecule has 0 saturated carbocycles. The van der Waals surface area contributed by atoms with Crippen LogP contribution in [0.25, 0.3) is 11.0 Å². The van der Waals surface area contributed by atoms with Crippen LogP contribution < -0.4 is 0 Å². The Balaban J connectivity index is 1.21. The summed E-state index contributed by atoms with van der Waals surface area (Å²) in [6, 6.07) is 21.6. The van der Waals surface area contributed by atoms with Gasteiger partial charge in [-0.05, 0) is 60.5 Å². The smallest absolute Gasteiger partial charge is 0.123 e. The van der Waals surface area contributed by atoms with E-state index in [0.29, 0.717) is 0 Å². The van der Waals surface area contributed by atoms with Crippen LogP contribution in [0, 0.1) is 11.6 Å². The van der Waals surface area contributed by atoms with Crippen molar-refractivity contribution in [3.8, 4) is 0 Å². The number of benzene rings is 3. The van der Waals surface area contributed by atoms with Crippen LogP contribution >= 0.6 is 0 Å². The zero-order valence-corrected chi connectivity index (χ0v) is 18.6.